The number of nitrogens with zero attached hydrogens (tertiary/aromatic N) is 4. The SMILES string of the molecule is CC(C)Oc1ccc2c(c1)c(-c1nccc(-c3ccc(CCC(N)=O)o3)n1)nn2C1CCCCO1. The highest BCUT2D eigenvalue weighted by atomic mass is 16.5. The zero-order valence-corrected chi connectivity index (χ0v) is 19.9. The molecule has 3 aromatic heterocycles. The molecule has 0 radical (unpaired) electrons. The predicted molar refractivity (Wildman–Crippen MR) is 131 cm³/mol. The Hall–Kier alpha value is -3.72. The van der Waals surface area contributed by atoms with Crippen molar-refractivity contribution in [3.05, 3.63) is 48.4 Å². The highest BCUT2D eigenvalue weighted by molar-refractivity contribution is 5.93. The van der Waals surface area contributed by atoms with E-state index in [2.05, 4.69) is 4.98 Å². The average Bonchev–Trinajstić information content (AvgIpc) is 3.48. The molecule has 9 heteroatoms. The number of primary amides is 1. The molecule has 1 atom stereocenters. The molecule has 9 nitrogen and oxygen atoms in total. The van der Waals surface area contributed by atoms with Crippen LogP contribution in [-0.2, 0) is 16.0 Å². The van der Waals surface area contributed by atoms with Crippen molar-refractivity contribution in [1.29, 1.82) is 0 Å². The molecule has 4 aromatic rings. The molecule has 1 fully saturated rings. The number of rotatable bonds is 8. The lowest BCUT2D eigenvalue weighted by molar-refractivity contribution is -0.118. The summed E-state index contributed by atoms with van der Waals surface area (Å²) in [5.74, 6) is 2.16. The van der Waals surface area contributed by atoms with Gasteiger partial charge >= 0.3 is 0 Å². The Labute approximate surface area is 203 Å². The molecule has 0 aliphatic carbocycles. The van der Waals surface area contributed by atoms with E-state index < -0.39 is 0 Å². The van der Waals surface area contributed by atoms with Crippen LogP contribution in [0.25, 0.3) is 33.9 Å². The van der Waals surface area contributed by atoms with Gasteiger partial charge in [0.1, 0.15) is 22.9 Å². The summed E-state index contributed by atoms with van der Waals surface area (Å²) in [4.78, 5) is 20.4. The number of aromatic nitrogens is 4. The van der Waals surface area contributed by atoms with Gasteiger partial charge in [0, 0.05) is 31.0 Å². The minimum absolute atomic E-state index is 0.0508. The van der Waals surface area contributed by atoms with E-state index in [0.29, 0.717) is 35.2 Å². The van der Waals surface area contributed by atoms with E-state index in [9.17, 15) is 4.79 Å². The summed E-state index contributed by atoms with van der Waals surface area (Å²) < 4.78 is 19.8. The van der Waals surface area contributed by atoms with Crippen LogP contribution in [-0.4, -0.2) is 38.4 Å². The molecule has 0 spiro atoms. The van der Waals surface area contributed by atoms with E-state index in [1.54, 1.807) is 12.3 Å². The van der Waals surface area contributed by atoms with Gasteiger partial charge in [-0.2, -0.15) is 5.10 Å². The van der Waals surface area contributed by atoms with Crippen LogP contribution in [0.2, 0.25) is 0 Å². The maximum Gasteiger partial charge on any atom is 0.217 e. The first-order chi connectivity index (χ1) is 17.0. The number of hydrogen-bond acceptors (Lipinski definition) is 7. The van der Waals surface area contributed by atoms with Crippen LogP contribution in [0.15, 0.2) is 47.0 Å². The van der Waals surface area contributed by atoms with E-state index >= 15 is 0 Å². The number of benzene rings is 1. The highest BCUT2D eigenvalue weighted by Crippen LogP contribution is 2.34. The summed E-state index contributed by atoms with van der Waals surface area (Å²) in [5.41, 5.74) is 7.49. The summed E-state index contributed by atoms with van der Waals surface area (Å²) in [6.07, 6.45) is 5.36. The van der Waals surface area contributed by atoms with E-state index in [0.717, 1.165) is 42.5 Å². The Morgan fingerprint density at radius 2 is 2.11 bits per heavy atom. The molecule has 1 aromatic carbocycles. The molecule has 0 saturated carbocycles. The van der Waals surface area contributed by atoms with Crippen molar-refractivity contribution in [1.82, 2.24) is 19.7 Å². The molecule has 1 aliphatic heterocycles. The quantitative estimate of drug-likeness (QED) is 0.394. The third-order valence-electron chi connectivity index (χ3n) is 5.88. The number of fused-ring (bicyclic) bond motifs is 1. The topological polar surface area (TPSA) is 118 Å². The third kappa shape index (κ3) is 5.05. The van der Waals surface area contributed by atoms with Gasteiger partial charge in [-0.3, -0.25) is 4.79 Å². The number of hydrogen-bond donors (Lipinski definition) is 1. The highest BCUT2D eigenvalue weighted by Gasteiger charge is 2.23. The number of aryl methyl sites for hydroxylation is 1. The minimum Gasteiger partial charge on any atom is -0.491 e. The molecular weight excluding hydrogens is 446 g/mol. The summed E-state index contributed by atoms with van der Waals surface area (Å²) in [7, 11) is 0. The van der Waals surface area contributed by atoms with Gasteiger partial charge in [-0.05, 0) is 69.5 Å². The smallest absolute Gasteiger partial charge is 0.217 e. The zero-order chi connectivity index (χ0) is 24.4. The summed E-state index contributed by atoms with van der Waals surface area (Å²) >= 11 is 0. The summed E-state index contributed by atoms with van der Waals surface area (Å²) in [6, 6.07) is 11.4. The lowest BCUT2D eigenvalue weighted by Gasteiger charge is -2.23. The van der Waals surface area contributed by atoms with Gasteiger partial charge in [0.05, 0.1) is 11.6 Å². The fourth-order valence-electron chi connectivity index (χ4n) is 4.27. The van der Waals surface area contributed by atoms with Crippen LogP contribution >= 0.6 is 0 Å². The molecule has 0 bridgehead atoms. The second-order valence-corrected chi connectivity index (χ2v) is 8.96. The fraction of sp³-hybridized carbons (Fsp3) is 0.385. The number of ether oxygens (including phenoxy) is 2. The van der Waals surface area contributed by atoms with Crippen molar-refractivity contribution in [2.75, 3.05) is 6.61 Å². The second kappa shape index (κ2) is 9.87. The Kier molecular flexibility index (Phi) is 6.50. The van der Waals surface area contributed by atoms with Crippen molar-refractivity contribution in [2.45, 2.75) is 58.3 Å². The molecule has 1 unspecified atom stereocenters. The second-order valence-electron chi connectivity index (χ2n) is 8.96. The zero-order valence-electron chi connectivity index (χ0n) is 19.9. The van der Waals surface area contributed by atoms with Crippen molar-refractivity contribution >= 4 is 16.8 Å². The van der Waals surface area contributed by atoms with E-state index in [1.807, 2.05) is 48.9 Å². The number of nitrogens with two attached hydrogens (primary N) is 1. The van der Waals surface area contributed by atoms with Crippen LogP contribution in [0.1, 0.15) is 51.5 Å². The lowest BCUT2D eigenvalue weighted by atomic mass is 10.1. The largest absolute Gasteiger partial charge is 0.491 e. The lowest BCUT2D eigenvalue weighted by Crippen LogP contribution is -2.19. The monoisotopic (exact) mass is 475 g/mol. The van der Waals surface area contributed by atoms with Crippen molar-refractivity contribution in [3.63, 3.8) is 0 Å². The molecule has 2 N–H and O–H groups in total. The minimum atomic E-state index is -0.363. The van der Waals surface area contributed by atoms with Gasteiger partial charge < -0.3 is 19.6 Å². The Bertz CT molecular complexity index is 1340. The van der Waals surface area contributed by atoms with Crippen LogP contribution in [0, 0.1) is 0 Å². The predicted octanol–water partition coefficient (Wildman–Crippen LogP) is 4.66. The Morgan fingerprint density at radius 1 is 1.23 bits per heavy atom. The van der Waals surface area contributed by atoms with Crippen LogP contribution < -0.4 is 10.5 Å². The first-order valence-corrected chi connectivity index (χ1v) is 12.0. The molecule has 1 aliphatic rings. The van der Waals surface area contributed by atoms with Gasteiger partial charge in [-0.15, -0.1) is 0 Å². The van der Waals surface area contributed by atoms with E-state index in [1.165, 1.54) is 0 Å². The van der Waals surface area contributed by atoms with E-state index in [4.69, 9.17) is 29.7 Å². The Balaban J connectivity index is 1.55. The number of amides is 1. The molecule has 4 heterocycles. The number of carbonyl (C=O) groups is 1. The standard InChI is InChI=1S/C26H29N5O4/c1-16(2)34-18-6-9-21-19(15-18)25(30-31(21)24-5-3-4-14-33-24)26-28-13-12-20(29-26)22-10-7-17(35-22)8-11-23(27)32/h6-7,9-10,12-13,15-16,24H,3-5,8,11,14H2,1-2H3,(H2,27,32). The normalized spacial score (nSPS) is 16.1. The van der Waals surface area contributed by atoms with Gasteiger partial charge in [0.15, 0.2) is 17.8 Å². The molecule has 182 valence electrons. The summed E-state index contributed by atoms with van der Waals surface area (Å²) in [6.45, 7) is 4.72. The number of carbonyl (C=O) groups excluding carboxylic acids is 1. The molecule has 1 saturated heterocycles. The van der Waals surface area contributed by atoms with Crippen LogP contribution in [0.3, 0.4) is 0 Å². The summed E-state index contributed by atoms with van der Waals surface area (Å²) in [5, 5.41) is 5.82. The van der Waals surface area contributed by atoms with Gasteiger partial charge in [-0.1, -0.05) is 0 Å². The van der Waals surface area contributed by atoms with Crippen molar-refractivity contribution in [3.8, 4) is 28.7 Å². The first kappa shape index (κ1) is 23.0. The first-order valence-electron chi connectivity index (χ1n) is 12.0. The maximum atomic E-state index is 11.1. The molecular formula is C26H29N5O4. The number of furan rings is 1. The van der Waals surface area contributed by atoms with E-state index in [-0.39, 0.29) is 24.7 Å². The van der Waals surface area contributed by atoms with Crippen molar-refractivity contribution < 1.29 is 18.7 Å². The van der Waals surface area contributed by atoms with Crippen LogP contribution in [0.5, 0.6) is 5.75 Å². The van der Waals surface area contributed by atoms with Gasteiger partial charge in [-0.25, -0.2) is 14.6 Å². The van der Waals surface area contributed by atoms with Gasteiger partial charge in [0.25, 0.3) is 0 Å². The molecule has 35 heavy (non-hydrogen) atoms. The van der Waals surface area contributed by atoms with Crippen molar-refractivity contribution in [2.24, 2.45) is 5.73 Å². The molecule has 1 amide bonds. The average molecular weight is 476 g/mol. The fourth-order valence-corrected chi connectivity index (χ4v) is 4.27. The Morgan fingerprint density at radius 3 is 2.89 bits per heavy atom. The molecule has 5 rings (SSSR count). The van der Waals surface area contributed by atoms with Gasteiger partial charge in [0.2, 0.25) is 5.91 Å². The van der Waals surface area contributed by atoms with Crippen LogP contribution in [0.4, 0.5) is 0 Å². The third-order valence-corrected chi connectivity index (χ3v) is 5.88. The maximum absolute atomic E-state index is 11.1.